The normalized spacial score (nSPS) is 19.2. The third kappa shape index (κ3) is 3.50. The van der Waals surface area contributed by atoms with Crippen molar-refractivity contribution in [3.8, 4) is 0 Å². The Balaban J connectivity index is 2.05. The van der Waals surface area contributed by atoms with Crippen molar-refractivity contribution >= 4 is 23.1 Å². The number of piperidine rings is 1. The molecule has 102 valence electrons. The first-order valence-corrected chi connectivity index (χ1v) is 6.82. The predicted octanol–water partition coefficient (Wildman–Crippen LogP) is 2.04. The molecule has 0 aliphatic carbocycles. The van der Waals surface area contributed by atoms with Gasteiger partial charge in [0.05, 0.1) is 17.5 Å². The van der Waals surface area contributed by atoms with Crippen LogP contribution in [0.25, 0.3) is 0 Å². The molecule has 0 radical (unpaired) electrons. The Labute approximate surface area is 117 Å². The highest BCUT2D eigenvalue weighted by Gasteiger charge is 2.28. The second-order valence-electron chi connectivity index (χ2n) is 4.80. The first-order valence-electron chi connectivity index (χ1n) is 6.41. The molecule has 1 aliphatic rings. The van der Waals surface area contributed by atoms with Crippen LogP contribution >= 0.6 is 12.2 Å². The van der Waals surface area contributed by atoms with Crippen LogP contribution in [0, 0.1) is 5.82 Å². The molecule has 2 N–H and O–H groups in total. The molecule has 1 atom stereocenters. The minimum absolute atomic E-state index is 0.00380. The number of nitrogens with two attached hydrogens (primary N) is 1. The predicted molar refractivity (Wildman–Crippen MR) is 76.2 cm³/mol. The van der Waals surface area contributed by atoms with E-state index in [0.29, 0.717) is 11.5 Å². The SMILES string of the molecule is NC(=S)C1CCCCN1C(=O)Cc1ccc(F)cc1. The number of carbonyl (C=O) groups is 1. The van der Waals surface area contributed by atoms with Crippen molar-refractivity contribution in [3.05, 3.63) is 35.6 Å². The fourth-order valence-electron chi connectivity index (χ4n) is 2.40. The number of benzene rings is 1. The van der Waals surface area contributed by atoms with E-state index in [0.717, 1.165) is 24.8 Å². The monoisotopic (exact) mass is 280 g/mol. The molecule has 2 rings (SSSR count). The summed E-state index contributed by atoms with van der Waals surface area (Å²) >= 11 is 5.03. The molecule has 1 unspecified atom stereocenters. The molecule has 1 aliphatic heterocycles. The van der Waals surface area contributed by atoms with Crippen molar-refractivity contribution < 1.29 is 9.18 Å². The van der Waals surface area contributed by atoms with Crippen molar-refractivity contribution in [3.63, 3.8) is 0 Å². The number of halogens is 1. The Hall–Kier alpha value is -1.49. The van der Waals surface area contributed by atoms with Crippen LogP contribution in [0.15, 0.2) is 24.3 Å². The van der Waals surface area contributed by atoms with Gasteiger partial charge >= 0.3 is 0 Å². The fourth-order valence-corrected chi connectivity index (χ4v) is 2.65. The van der Waals surface area contributed by atoms with Crippen molar-refractivity contribution in [1.82, 2.24) is 4.90 Å². The lowest BCUT2D eigenvalue weighted by molar-refractivity contribution is -0.132. The number of hydrogen-bond acceptors (Lipinski definition) is 2. The van der Waals surface area contributed by atoms with Gasteiger partial charge in [-0.25, -0.2) is 4.39 Å². The van der Waals surface area contributed by atoms with E-state index >= 15 is 0 Å². The summed E-state index contributed by atoms with van der Waals surface area (Å²) in [6.45, 7) is 0.696. The summed E-state index contributed by atoms with van der Waals surface area (Å²) in [6.07, 6.45) is 3.13. The summed E-state index contributed by atoms with van der Waals surface area (Å²) in [5.74, 6) is -0.292. The summed E-state index contributed by atoms with van der Waals surface area (Å²) in [7, 11) is 0. The average molecular weight is 280 g/mol. The largest absolute Gasteiger partial charge is 0.392 e. The van der Waals surface area contributed by atoms with Gasteiger partial charge in [0, 0.05) is 6.54 Å². The maximum absolute atomic E-state index is 12.8. The lowest BCUT2D eigenvalue weighted by Crippen LogP contribution is -2.50. The lowest BCUT2D eigenvalue weighted by atomic mass is 10.0. The van der Waals surface area contributed by atoms with E-state index in [2.05, 4.69) is 0 Å². The van der Waals surface area contributed by atoms with E-state index in [1.165, 1.54) is 12.1 Å². The second-order valence-corrected chi connectivity index (χ2v) is 5.28. The summed E-state index contributed by atoms with van der Waals surface area (Å²) in [5.41, 5.74) is 6.50. The Bertz CT molecular complexity index is 475. The smallest absolute Gasteiger partial charge is 0.227 e. The van der Waals surface area contributed by atoms with Crippen LogP contribution in [-0.4, -0.2) is 28.4 Å². The van der Waals surface area contributed by atoms with Crippen LogP contribution in [0.3, 0.4) is 0 Å². The van der Waals surface area contributed by atoms with Gasteiger partial charge in [0.15, 0.2) is 0 Å². The molecule has 1 heterocycles. The summed E-state index contributed by atoms with van der Waals surface area (Å²) in [6, 6.07) is 5.87. The maximum atomic E-state index is 12.8. The van der Waals surface area contributed by atoms with Crippen LogP contribution in [0.4, 0.5) is 4.39 Å². The number of carbonyl (C=O) groups excluding carboxylic acids is 1. The van der Waals surface area contributed by atoms with Crippen molar-refractivity contribution in [1.29, 1.82) is 0 Å². The van der Waals surface area contributed by atoms with Crippen molar-refractivity contribution in [2.24, 2.45) is 5.73 Å². The molecule has 1 aromatic carbocycles. The molecule has 0 spiro atoms. The van der Waals surface area contributed by atoms with Crippen LogP contribution in [0.5, 0.6) is 0 Å². The number of nitrogens with zero attached hydrogens (tertiary/aromatic N) is 1. The molecule has 0 bridgehead atoms. The molecule has 19 heavy (non-hydrogen) atoms. The van der Waals surface area contributed by atoms with E-state index in [1.807, 2.05) is 0 Å². The van der Waals surface area contributed by atoms with Crippen LogP contribution < -0.4 is 5.73 Å². The first-order chi connectivity index (χ1) is 9.08. The van der Waals surface area contributed by atoms with Crippen LogP contribution in [-0.2, 0) is 11.2 Å². The van der Waals surface area contributed by atoms with Gasteiger partial charge in [-0.05, 0) is 37.0 Å². The number of rotatable bonds is 3. The zero-order valence-electron chi connectivity index (χ0n) is 10.6. The highest BCUT2D eigenvalue weighted by Crippen LogP contribution is 2.18. The van der Waals surface area contributed by atoms with E-state index < -0.39 is 0 Å². The Morgan fingerprint density at radius 1 is 1.37 bits per heavy atom. The van der Waals surface area contributed by atoms with Gasteiger partial charge < -0.3 is 10.6 Å². The fraction of sp³-hybridized carbons (Fsp3) is 0.429. The van der Waals surface area contributed by atoms with Crippen molar-refractivity contribution in [2.45, 2.75) is 31.7 Å². The Kier molecular flexibility index (Phi) is 4.47. The molecular weight excluding hydrogens is 263 g/mol. The van der Waals surface area contributed by atoms with Crippen molar-refractivity contribution in [2.75, 3.05) is 6.54 Å². The highest BCUT2D eigenvalue weighted by molar-refractivity contribution is 7.80. The van der Waals surface area contributed by atoms with Gasteiger partial charge in [0.25, 0.3) is 0 Å². The minimum Gasteiger partial charge on any atom is -0.392 e. The minimum atomic E-state index is -0.296. The van der Waals surface area contributed by atoms with E-state index in [1.54, 1.807) is 17.0 Å². The van der Waals surface area contributed by atoms with Gasteiger partial charge in [0.2, 0.25) is 5.91 Å². The van der Waals surface area contributed by atoms with Gasteiger partial charge in [-0.15, -0.1) is 0 Å². The molecular formula is C14H17FN2OS. The van der Waals surface area contributed by atoms with E-state index in [-0.39, 0.29) is 24.2 Å². The molecule has 0 saturated carbocycles. The zero-order valence-corrected chi connectivity index (χ0v) is 11.5. The molecule has 1 saturated heterocycles. The topological polar surface area (TPSA) is 46.3 Å². The number of hydrogen-bond donors (Lipinski definition) is 1. The van der Waals surface area contributed by atoms with Gasteiger partial charge in [-0.1, -0.05) is 24.4 Å². The molecule has 5 heteroatoms. The Morgan fingerprint density at radius 3 is 2.68 bits per heavy atom. The zero-order chi connectivity index (χ0) is 13.8. The average Bonchev–Trinajstić information content (AvgIpc) is 2.41. The van der Waals surface area contributed by atoms with Gasteiger partial charge in [-0.2, -0.15) is 0 Å². The van der Waals surface area contributed by atoms with Crippen LogP contribution in [0.2, 0.25) is 0 Å². The number of thiocarbonyl (C=S) groups is 1. The summed E-state index contributed by atoms with van der Waals surface area (Å²) < 4.78 is 12.8. The van der Waals surface area contributed by atoms with Crippen LogP contribution in [0.1, 0.15) is 24.8 Å². The first kappa shape index (κ1) is 13.9. The molecule has 1 fully saturated rings. The summed E-state index contributed by atoms with van der Waals surface area (Å²) in [5, 5.41) is 0. The standard InChI is InChI=1S/C14H17FN2OS/c15-11-6-4-10(5-7-11)9-13(18)17-8-2-1-3-12(17)14(16)19/h4-7,12H,1-3,8-9H2,(H2,16,19). The number of amides is 1. The Morgan fingerprint density at radius 2 is 2.05 bits per heavy atom. The van der Waals surface area contributed by atoms with Gasteiger partial charge in [0.1, 0.15) is 5.82 Å². The van der Waals surface area contributed by atoms with Gasteiger partial charge in [-0.3, -0.25) is 4.79 Å². The molecule has 0 aromatic heterocycles. The summed E-state index contributed by atoms with van der Waals surface area (Å²) in [4.78, 5) is 14.4. The van der Waals surface area contributed by atoms with E-state index in [4.69, 9.17) is 18.0 Å². The molecule has 1 amide bonds. The third-order valence-corrected chi connectivity index (χ3v) is 3.69. The third-order valence-electron chi connectivity index (χ3n) is 3.42. The quantitative estimate of drug-likeness (QED) is 0.862. The maximum Gasteiger partial charge on any atom is 0.227 e. The highest BCUT2D eigenvalue weighted by atomic mass is 32.1. The second kappa shape index (κ2) is 6.10. The number of likely N-dealkylation sites (tertiary alicyclic amines) is 1. The molecule has 3 nitrogen and oxygen atoms in total. The van der Waals surface area contributed by atoms with E-state index in [9.17, 15) is 9.18 Å². The lowest BCUT2D eigenvalue weighted by Gasteiger charge is -2.35. The molecule has 1 aromatic rings.